The van der Waals surface area contributed by atoms with Crippen molar-refractivity contribution in [2.45, 2.75) is 38.6 Å². The van der Waals surface area contributed by atoms with E-state index in [9.17, 15) is 4.79 Å². The molecule has 0 atom stereocenters. The Morgan fingerprint density at radius 2 is 1.89 bits per heavy atom. The van der Waals surface area contributed by atoms with E-state index in [2.05, 4.69) is 15.2 Å². The van der Waals surface area contributed by atoms with Crippen molar-refractivity contribution in [1.82, 2.24) is 14.8 Å². The van der Waals surface area contributed by atoms with Crippen LogP contribution >= 0.6 is 22.9 Å². The molecule has 0 saturated carbocycles. The van der Waals surface area contributed by atoms with Gasteiger partial charge in [0.15, 0.2) is 0 Å². The molecular formula is C21H26ClN3OS. The van der Waals surface area contributed by atoms with Crippen molar-refractivity contribution < 1.29 is 4.79 Å². The van der Waals surface area contributed by atoms with E-state index < -0.39 is 0 Å². The highest BCUT2D eigenvalue weighted by molar-refractivity contribution is 7.13. The van der Waals surface area contributed by atoms with E-state index in [4.69, 9.17) is 16.6 Å². The van der Waals surface area contributed by atoms with Crippen molar-refractivity contribution in [3.63, 3.8) is 0 Å². The highest BCUT2D eigenvalue weighted by atomic mass is 35.5. The van der Waals surface area contributed by atoms with Gasteiger partial charge in [-0.15, -0.1) is 11.3 Å². The first-order valence-corrected chi connectivity index (χ1v) is 11.1. The van der Waals surface area contributed by atoms with Crippen LogP contribution in [0.5, 0.6) is 0 Å². The summed E-state index contributed by atoms with van der Waals surface area (Å²) in [6.07, 6.45) is 5.31. The zero-order valence-electron chi connectivity index (χ0n) is 15.6. The normalized spacial score (nSPS) is 18.9. The Balaban J connectivity index is 1.27. The van der Waals surface area contributed by atoms with E-state index in [-0.39, 0.29) is 0 Å². The van der Waals surface area contributed by atoms with Gasteiger partial charge in [0.1, 0.15) is 5.01 Å². The lowest BCUT2D eigenvalue weighted by atomic mass is 9.93. The van der Waals surface area contributed by atoms with Gasteiger partial charge in [0.25, 0.3) is 0 Å². The maximum absolute atomic E-state index is 12.3. The van der Waals surface area contributed by atoms with E-state index in [0.29, 0.717) is 11.8 Å². The van der Waals surface area contributed by atoms with Crippen LogP contribution in [0, 0.1) is 5.92 Å². The number of carbonyl (C=O) groups is 1. The molecule has 27 heavy (non-hydrogen) atoms. The van der Waals surface area contributed by atoms with Gasteiger partial charge in [-0.2, -0.15) is 0 Å². The van der Waals surface area contributed by atoms with Gasteiger partial charge in [0.2, 0.25) is 5.91 Å². The van der Waals surface area contributed by atoms with Crippen molar-refractivity contribution in [2.75, 3.05) is 26.2 Å². The second-order valence-electron chi connectivity index (χ2n) is 7.64. The van der Waals surface area contributed by atoms with Gasteiger partial charge in [0, 0.05) is 37.0 Å². The number of benzene rings is 1. The number of rotatable bonds is 5. The molecule has 0 N–H and O–H groups in total. The molecule has 0 bridgehead atoms. The second-order valence-corrected chi connectivity index (χ2v) is 8.90. The number of halogens is 1. The van der Waals surface area contributed by atoms with Crippen LogP contribution in [0.2, 0.25) is 5.02 Å². The zero-order chi connectivity index (χ0) is 18.6. The van der Waals surface area contributed by atoms with Crippen LogP contribution in [0.1, 0.15) is 37.8 Å². The number of piperidine rings is 1. The molecule has 1 aromatic heterocycles. The molecule has 144 valence electrons. The number of aromatic nitrogens is 1. The molecule has 0 aliphatic carbocycles. The van der Waals surface area contributed by atoms with Crippen LogP contribution in [-0.4, -0.2) is 46.9 Å². The molecular weight excluding hydrogens is 378 g/mol. The molecule has 2 fully saturated rings. The minimum Gasteiger partial charge on any atom is -0.343 e. The molecule has 0 radical (unpaired) electrons. The van der Waals surface area contributed by atoms with Gasteiger partial charge in [-0.3, -0.25) is 9.69 Å². The first-order valence-electron chi connectivity index (χ1n) is 9.88. The molecule has 0 unspecified atom stereocenters. The fraction of sp³-hybridized carbons (Fsp3) is 0.524. The first kappa shape index (κ1) is 18.9. The van der Waals surface area contributed by atoms with Crippen LogP contribution in [0.15, 0.2) is 29.6 Å². The molecule has 1 amide bonds. The predicted molar refractivity (Wildman–Crippen MR) is 111 cm³/mol. The van der Waals surface area contributed by atoms with Crippen molar-refractivity contribution in [1.29, 1.82) is 0 Å². The summed E-state index contributed by atoms with van der Waals surface area (Å²) in [6.45, 7) is 4.92. The van der Waals surface area contributed by atoms with E-state index in [1.54, 1.807) is 11.3 Å². The molecule has 2 saturated heterocycles. The van der Waals surface area contributed by atoms with Crippen LogP contribution in [0.25, 0.3) is 10.6 Å². The number of likely N-dealkylation sites (tertiary alicyclic amines) is 2. The molecule has 3 heterocycles. The average Bonchev–Trinajstić information content (AvgIpc) is 3.36. The Hall–Kier alpha value is -1.43. The maximum Gasteiger partial charge on any atom is 0.222 e. The van der Waals surface area contributed by atoms with Crippen molar-refractivity contribution in [2.24, 2.45) is 5.92 Å². The Morgan fingerprint density at radius 3 is 2.63 bits per heavy atom. The minimum absolute atomic E-state index is 0.370. The van der Waals surface area contributed by atoms with Crippen molar-refractivity contribution >= 4 is 28.8 Å². The SMILES string of the molecule is O=C(CC1CCN(Cc2csc(-c3ccccc3Cl)n2)CC1)N1CCCC1. The fourth-order valence-electron chi connectivity index (χ4n) is 4.06. The topological polar surface area (TPSA) is 36.4 Å². The highest BCUT2D eigenvalue weighted by Gasteiger charge is 2.25. The van der Waals surface area contributed by atoms with Gasteiger partial charge >= 0.3 is 0 Å². The number of thiazole rings is 1. The van der Waals surface area contributed by atoms with Gasteiger partial charge in [-0.1, -0.05) is 29.8 Å². The summed E-state index contributed by atoms with van der Waals surface area (Å²) in [5, 5.41) is 3.88. The van der Waals surface area contributed by atoms with Gasteiger partial charge in [0.05, 0.1) is 10.7 Å². The number of nitrogens with zero attached hydrogens (tertiary/aromatic N) is 3. The second kappa shape index (κ2) is 8.72. The summed E-state index contributed by atoms with van der Waals surface area (Å²) in [6, 6.07) is 7.87. The molecule has 6 heteroatoms. The van der Waals surface area contributed by atoms with E-state index in [0.717, 1.165) is 73.3 Å². The molecule has 2 aromatic rings. The molecule has 0 spiro atoms. The number of amides is 1. The highest BCUT2D eigenvalue weighted by Crippen LogP contribution is 2.31. The lowest BCUT2D eigenvalue weighted by Gasteiger charge is -2.31. The summed E-state index contributed by atoms with van der Waals surface area (Å²) in [5.74, 6) is 0.915. The zero-order valence-corrected chi connectivity index (χ0v) is 17.1. The summed E-state index contributed by atoms with van der Waals surface area (Å²) >= 11 is 7.95. The van der Waals surface area contributed by atoms with E-state index >= 15 is 0 Å². The summed E-state index contributed by atoms with van der Waals surface area (Å²) in [5.41, 5.74) is 2.12. The van der Waals surface area contributed by atoms with Crippen LogP contribution in [0.3, 0.4) is 0 Å². The Morgan fingerprint density at radius 1 is 1.15 bits per heavy atom. The van der Waals surface area contributed by atoms with Crippen molar-refractivity contribution in [3.05, 3.63) is 40.4 Å². The standard InChI is InChI=1S/C21H26ClN3OS/c22-19-6-2-1-5-18(19)21-23-17(15-27-21)14-24-11-7-16(8-12-24)13-20(26)25-9-3-4-10-25/h1-2,5-6,15-16H,3-4,7-14H2. The summed E-state index contributed by atoms with van der Waals surface area (Å²) in [4.78, 5) is 21.6. The third-order valence-electron chi connectivity index (χ3n) is 5.67. The quantitative estimate of drug-likeness (QED) is 0.726. The lowest BCUT2D eigenvalue weighted by Crippen LogP contribution is -2.36. The molecule has 2 aliphatic rings. The molecule has 2 aliphatic heterocycles. The monoisotopic (exact) mass is 403 g/mol. The molecule has 4 rings (SSSR count). The number of hydrogen-bond acceptors (Lipinski definition) is 4. The fourth-order valence-corrected chi connectivity index (χ4v) is 5.19. The number of hydrogen-bond donors (Lipinski definition) is 0. The lowest BCUT2D eigenvalue weighted by molar-refractivity contribution is -0.131. The smallest absolute Gasteiger partial charge is 0.222 e. The third-order valence-corrected chi connectivity index (χ3v) is 6.92. The van der Waals surface area contributed by atoms with Gasteiger partial charge in [-0.25, -0.2) is 4.98 Å². The minimum atomic E-state index is 0.370. The summed E-state index contributed by atoms with van der Waals surface area (Å²) in [7, 11) is 0. The van der Waals surface area contributed by atoms with E-state index in [1.165, 1.54) is 12.8 Å². The maximum atomic E-state index is 12.3. The van der Waals surface area contributed by atoms with E-state index in [1.807, 2.05) is 24.3 Å². The first-order chi connectivity index (χ1) is 13.2. The van der Waals surface area contributed by atoms with Crippen LogP contribution < -0.4 is 0 Å². The Kier molecular flexibility index (Phi) is 6.11. The van der Waals surface area contributed by atoms with Crippen LogP contribution in [-0.2, 0) is 11.3 Å². The van der Waals surface area contributed by atoms with Crippen molar-refractivity contribution in [3.8, 4) is 10.6 Å². The number of carbonyl (C=O) groups excluding carboxylic acids is 1. The molecule has 1 aromatic carbocycles. The molecule has 4 nitrogen and oxygen atoms in total. The predicted octanol–water partition coefficient (Wildman–Crippen LogP) is 4.69. The summed E-state index contributed by atoms with van der Waals surface area (Å²) < 4.78 is 0. The van der Waals surface area contributed by atoms with Gasteiger partial charge in [-0.05, 0) is 50.8 Å². The Labute approximate surface area is 170 Å². The largest absolute Gasteiger partial charge is 0.343 e. The van der Waals surface area contributed by atoms with Gasteiger partial charge < -0.3 is 4.90 Å². The van der Waals surface area contributed by atoms with Crippen LogP contribution in [0.4, 0.5) is 0 Å². The Bertz CT molecular complexity index is 779. The third kappa shape index (κ3) is 4.71. The average molecular weight is 404 g/mol.